The van der Waals surface area contributed by atoms with E-state index in [1.165, 1.54) is 13.2 Å². The standard InChI is InChI=1S/C37H41N3O6.ClH.H2/c1-4-12-30(37(43)44-3)40-36(42)29(17-10-11-22-38)39-33(41)24-46-32-21-19-26-14-7-9-16-28(26)35(32)34-27-15-8-6-13-25(27)18-20-31(34)45-23-5-2;;/h4-9,13-16,18-21,29-30H,1-2,10-12,17,22-24,38H2,3H3,(H,39,41)(H,40,42);2*1H/t29-,30+;;/m1../s1/i;;1+1. The van der Waals surface area contributed by atoms with Crippen LogP contribution in [0.3, 0.4) is 0 Å². The average molecular weight is 663 g/mol. The van der Waals surface area contributed by atoms with E-state index in [4.69, 9.17) is 14.2 Å². The topological polar surface area (TPSA) is 131 Å². The van der Waals surface area contributed by atoms with E-state index in [2.05, 4.69) is 29.5 Å². The van der Waals surface area contributed by atoms with Crippen molar-refractivity contribution in [3.63, 3.8) is 0 Å². The molecule has 0 unspecified atom stereocenters. The molecule has 4 rings (SSSR count). The van der Waals surface area contributed by atoms with Crippen LogP contribution in [0.4, 0.5) is 0 Å². The molecule has 250 valence electrons. The monoisotopic (exact) mass is 662 g/mol. The Morgan fingerprint density at radius 2 is 1.40 bits per heavy atom. The van der Waals surface area contributed by atoms with Gasteiger partial charge in [0.25, 0.3) is 5.91 Å². The Balaban J connectivity index is 0.00000400. The highest BCUT2D eigenvalue weighted by Gasteiger charge is 2.27. The van der Waals surface area contributed by atoms with Crippen molar-refractivity contribution in [2.45, 2.75) is 37.8 Å². The number of unbranched alkanes of at least 4 members (excludes halogenated alkanes) is 1. The number of rotatable bonds is 17. The van der Waals surface area contributed by atoms with Crippen molar-refractivity contribution in [3.8, 4) is 22.6 Å². The third kappa shape index (κ3) is 9.34. The molecule has 0 aliphatic rings. The summed E-state index contributed by atoms with van der Waals surface area (Å²) in [6.07, 6.45) is 5.23. The highest BCUT2D eigenvalue weighted by molar-refractivity contribution is 6.09. The number of methoxy groups -OCH3 is 1. The van der Waals surface area contributed by atoms with Crippen molar-refractivity contribution >= 4 is 39.3 Å². The number of esters is 1. The number of carbonyl (C=O) groups is 3. The first kappa shape index (κ1) is 36.6. The second-order valence-electron chi connectivity index (χ2n) is 10.8. The van der Waals surface area contributed by atoms with E-state index in [-0.39, 0.29) is 26.9 Å². The maximum Gasteiger partial charge on any atom is 0.328 e. The van der Waals surface area contributed by atoms with Crippen LogP contribution >= 0.6 is 0 Å². The highest BCUT2D eigenvalue weighted by Crippen LogP contribution is 2.45. The Kier molecular flexibility index (Phi) is 14.3. The third-order valence-electron chi connectivity index (χ3n) is 7.60. The number of ether oxygens (including phenoxy) is 3. The second-order valence-corrected chi connectivity index (χ2v) is 10.8. The summed E-state index contributed by atoms with van der Waals surface area (Å²) in [6, 6.07) is 21.9. The van der Waals surface area contributed by atoms with Gasteiger partial charge in [0.05, 0.1) is 13.7 Å². The number of carbonyl (C=O) groups excluding carboxylic acids is 3. The number of fused-ring (bicyclic) bond motifs is 2. The smallest absolute Gasteiger partial charge is 0.328 e. The minimum absolute atomic E-state index is 0. The van der Waals surface area contributed by atoms with Crippen LogP contribution in [0, 0.1) is 0 Å². The molecule has 0 aliphatic carbocycles. The van der Waals surface area contributed by atoms with Gasteiger partial charge in [-0.05, 0) is 59.4 Å². The van der Waals surface area contributed by atoms with Crippen LogP contribution < -0.4 is 38.2 Å². The van der Waals surface area contributed by atoms with Crippen LogP contribution in [-0.4, -0.2) is 56.7 Å². The summed E-state index contributed by atoms with van der Waals surface area (Å²) >= 11 is 0. The quantitative estimate of drug-likeness (QED) is 0.0901. The number of nitrogens with one attached hydrogen (secondary N) is 2. The van der Waals surface area contributed by atoms with Gasteiger partial charge in [0, 0.05) is 12.6 Å². The number of benzene rings is 4. The van der Waals surface area contributed by atoms with Crippen LogP contribution in [0.2, 0.25) is 0 Å². The lowest BCUT2D eigenvalue weighted by Crippen LogP contribution is -3.00. The lowest BCUT2D eigenvalue weighted by molar-refractivity contribution is -0.368. The molecule has 4 aromatic rings. The zero-order valence-corrected chi connectivity index (χ0v) is 27.4. The van der Waals surface area contributed by atoms with Crippen molar-refractivity contribution in [1.29, 1.82) is 0 Å². The molecule has 9 nitrogen and oxygen atoms in total. The van der Waals surface area contributed by atoms with Crippen LogP contribution in [0.25, 0.3) is 32.7 Å². The average Bonchev–Trinajstić information content (AvgIpc) is 3.08. The van der Waals surface area contributed by atoms with Crippen molar-refractivity contribution in [2.24, 2.45) is 0 Å². The number of quaternary nitrogens is 1. The summed E-state index contributed by atoms with van der Waals surface area (Å²) in [7, 11) is 1.25. The Labute approximate surface area is 283 Å². The van der Waals surface area contributed by atoms with Gasteiger partial charge in [-0.1, -0.05) is 79.4 Å². The van der Waals surface area contributed by atoms with E-state index in [1.807, 2.05) is 72.8 Å². The van der Waals surface area contributed by atoms with Gasteiger partial charge >= 0.3 is 5.97 Å². The molecule has 0 saturated heterocycles. The van der Waals surface area contributed by atoms with Crippen LogP contribution in [0.1, 0.15) is 27.1 Å². The molecule has 0 bridgehead atoms. The van der Waals surface area contributed by atoms with Crippen molar-refractivity contribution in [1.82, 2.24) is 10.6 Å². The molecule has 0 radical (unpaired) electrons. The van der Waals surface area contributed by atoms with E-state index in [0.717, 1.165) is 39.1 Å². The Morgan fingerprint density at radius 1 is 0.809 bits per heavy atom. The Bertz CT molecular complexity index is 1720. The first-order valence-electron chi connectivity index (χ1n) is 15.4. The van der Waals surface area contributed by atoms with E-state index >= 15 is 0 Å². The van der Waals surface area contributed by atoms with Crippen LogP contribution in [0.5, 0.6) is 11.5 Å². The predicted molar refractivity (Wildman–Crippen MR) is 182 cm³/mol. The Hall–Kier alpha value is -4.86. The SMILES string of the molecule is C=CCOc1ccc2ccccc2c1-c1c(OCC(=O)N[C@H](CCCC[NH3+])C(=O)N[C@@H](CC=C)C(=O)OC)ccc2ccccc12.[2HH].[Cl-]. The third-order valence-corrected chi connectivity index (χ3v) is 7.60. The van der Waals surface area contributed by atoms with E-state index in [1.54, 1.807) is 6.08 Å². The summed E-state index contributed by atoms with van der Waals surface area (Å²) < 4.78 is 17.2. The molecule has 0 spiro atoms. The fourth-order valence-electron chi connectivity index (χ4n) is 5.38. The van der Waals surface area contributed by atoms with Gasteiger partial charge in [-0.3, -0.25) is 9.59 Å². The van der Waals surface area contributed by atoms with Gasteiger partial charge in [0.2, 0.25) is 5.91 Å². The molecule has 4 aromatic carbocycles. The molecular formula is C37H44ClN3O6. The molecule has 0 aliphatic heterocycles. The lowest BCUT2D eigenvalue weighted by atomic mass is 9.92. The highest BCUT2D eigenvalue weighted by atomic mass is 35.5. The van der Waals surface area contributed by atoms with Gasteiger partial charge < -0.3 is 43.0 Å². The maximum absolute atomic E-state index is 13.3. The van der Waals surface area contributed by atoms with E-state index < -0.39 is 29.9 Å². The number of amides is 2. The molecule has 0 saturated carbocycles. The molecule has 5 N–H and O–H groups in total. The van der Waals surface area contributed by atoms with E-state index in [9.17, 15) is 14.4 Å². The van der Waals surface area contributed by atoms with Crippen LogP contribution in [0.15, 0.2) is 98.1 Å². The summed E-state index contributed by atoms with van der Waals surface area (Å²) in [5, 5.41) is 9.42. The first-order valence-corrected chi connectivity index (χ1v) is 15.4. The summed E-state index contributed by atoms with van der Waals surface area (Å²) in [4.78, 5) is 38.8. The lowest BCUT2D eigenvalue weighted by Gasteiger charge is -2.22. The number of halogens is 1. The predicted octanol–water partition coefficient (Wildman–Crippen LogP) is 1.98. The number of hydrogen-bond donors (Lipinski definition) is 3. The van der Waals surface area contributed by atoms with Crippen molar-refractivity contribution in [3.05, 3.63) is 98.1 Å². The largest absolute Gasteiger partial charge is 1.00 e. The van der Waals surface area contributed by atoms with E-state index in [0.29, 0.717) is 37.5 Å². The normalized spacial score (nSPS) is 11.9. The van der Waals surface area contributed by atoms with Gasteiger partial charge in [-0.2, -0.15) is 0 Å². The minimum Gasteiger partial charge on any atom is -1.00 e. The fraction of sp³-hybridized carbons (Fsp3) is 0.270. The van der Waals surface area contributed by atoms with Crippen LogP contribution in [-0.2, 0) is 19.1 Å². The fourth-order valence-corrected chi connectivity index (χ4v) is 5.38. The molecule has 2 amide bonds. The zero-order chi connectivity index (χ0) is 32.9. The van der Waals surface area contributed by atoms with Crippen molar-refractivity contribution in [2.75, 3.05) is 26.9 Å². The molecule has 0 fully saturated rings. The Morgan fingerprint density at radius 3 is 1.96 bits per heavy atom. The molecule has 0 heterocycles. The van der Waals surface area contributed by atoms with Gasteiger partial charge in [0.1, 0.15) is 30.2 Å². The van der Waals surface area contributed by atoms with Gasteiger partial charge in [0.15, 0.2) is 6.61 Å². The first-order chi connectivity index (χ1) is 22.4. The van der Waals surface area contributed by atoms with Crippen molar-refractivity contribution < 1.29 is 48.2 Å². The van der Waals surface area contributed by atoms with Gasteiger partial charge in [-0.25, -0.2) is 4.79 Å². The molecule has 2 atom stereocenters. The summed E-state index contributed by atoms with van der Waals surface area (Å²) in [5.41, 5.74) is 5.49. The number of hydrogen-bond acceptors (Lipinski definition) is 6. The molecule has 47 heavy (non-hydrogen) atoms. The minimum atomic E-state index is -0.906. The molecular weight excluding hydrogens is 618 g/mol. The zero-order valence-electron chi connectivity index (χ0n) is 26.6. The summed E-state index contributed by atoms with van der Waals surface area (Å²) in [6.45, 7) is 8.12. The summed E-state index contributed by atoms with van der Waals surface area (Å²) in [5.74, 6) is -0.406. The van der Waals surface area contributed by atoms with Gasteiger partial charge in [-0.15, -0.1) is 6.58 Å². The molecule has 0 aromatic heterocycles. The second kappa shape index (κ2) is 18.3. The maximum atomic E-state index is 13.3. The molecule has 10 heteroatoms.